The minimum absolute atomic E-state index is 0.340. The molecule has 0 aliphatic carbocycles. The molecular formula is C31H27FNO2P. The van der Waals surface area contributed by atoms with E-state index in [1.54, 1.807) is 12.1 Å². The molecule has 1 fully saturated rings. The van der Waals surface area contributed by atoms with E-state index in [1.807, 2.05) is 91.0 Å². The van der Waals surface area contributed by atoms with E-state index in [1.165, 1.54) is 12.1 Å². The van der Waals surface area contributed by atoms with Crippen LogP contribution in [0.5, 0.6) is 0 Å². The molecule has 0 spiro atoms. The van der Waals surface area contributed by atoms with Gasteiger partial charge in [0.05, 0.1) is 24.2 Å². The van der Waals surface area contributed by atoms with Gasteiger partial charge in [0.25, 0.3) is 0 Å². The first-order valence-corrected chi connectivity index (χ1v) is 13.7. The summed E-state index contributed by atoms with van der Waals surface area (Å²) in [4.78, 5) is 2.22. The lowest BCUT2D eigenvalue weighted by Crippen LogP contribution is -2.34. The Morgan fingerprint density at radius 3 is 1.72 bits per heavy atom. The third-order valence-corrected chi connectivity index (χ3v) is 9.33. The SMILES string of the molecule is O=P(C(=C=C(c1ccccc1)N1CCOCC1)c1ccc(F)cc1)(c1ccccc1)c1ccccc1. The Kier molecular flexibility index (Phi) is 7.30. The number of morpholine rings is 1. The van der Waals surface area contributed by atoms with Gasteiger partial charge in [-0.2, -0.15) is 0 Å². The lowest BCUT2D eigenvalue weighted by Gasteiger charge is -2.30. The zero-order valence-corrected chi connectivity index (χ0v) is 20.8. The summed E-state index contributed by atoms with van der Waals surface area (Å²) < 4.78 is 35.0. The van der Waals surface area contributed by atoms with Gasteiger partial charge < -0.3 is 14.2 Å². The second kappa shape index (κ2) is 10.9. The molecule has 0 radical (unpaired) electrons. The summed E-state index contributed by atoms with van der Waals surface area (Å²) in [6, 6.07) is 35.3. The normalized spacial score (nSPS) is 13.6. The predicted molar refractivity (Wildman–Crippen MR) is 145 cm³/mol. The zero-order valence-electron chi connectivity index (χ0n) is 19.9. The van der Waals surface area contributed by atoms with E-state index >= 15 is 4.57 Å². The molecule has 4 aromatic carbocycles. The third kappa shape index (κ3) is 4.98. The number of rotatable bonds is 6. The number of hydrogen-bond donors (Lipinski definition) is 0. The van der Waals surface area contributed by atoms with Crippen LogP contribution in [-0.4, -0.2) is 31.2 Å². The van der Waals surface area contributed by atoms with Crippen LogP contribution in [0, 0.1) is 5.82 Å². The van der Waals surface area contributed by atoms with Crippen molar-refractivity contribution in [3.05, 3.63) is 138 Å². The van der Waals surface area contributed by atoms with E-state index in [0.717, 1.165) is 11.3 Å². The molecule has 0 bridgehead atoms. The predicted octanol–water partition coefficient (Wildman–Crippen LogP) is 6.15. The first-order valence-electron chi connectivity index (χ1n) is 12.0. The maximum absolute atomic E-state index is 15.4. The summed E-state index contributed by atoms with van der Waals surface area (Å²) in [5, 5.41) is 1.96. The Bertz CT molecular complexity index is 1360. The van der Waals surface area contributed by atoms with Crippen LogP contribution in [-0.2, 0) is 9.30 Å². The Labute approximate surface area is 211 Å². The fourth-order valence-electron chi connectivity index (χ4n) is 4.45. The van der Waals surface area contributed by atoms with Crippen LogP contribution in [0.1, 0.15) is 11.1 Å². The Morgan fingerprint density at radius 2 is 1.19 bits per heavy atom. The van der Waals surface area contributed by atoms with Crippen molar-refractivity contribution < 1.29 is 13.7 Å². The smallest absolute Gasteiger partial charge is 0.179 e. The van der Waals surface area contributed by atoms with Gasteiger partial charge in [0.1, 0.15) is 5.82 Å². The summed E-state index contributed by atoms with van der Waals surface area (Å²) in [7, 11) is -3.39. The van der Waals surface area contributed by atoms with E-state index in [2.05, 4.69) is 10.6 Å². The van der Waals surface area contributed by atoms with Gasteiger partial charge in [-0.25, -0.2) is 4.39 Å². The highest BCUT2D eigenvalue weighted by molar-refractivity contribution is 7.87. The minimum Gasteiger partial charge on any atom is -0.378 e. The molecule has 0 atom stereocenters. The average molecular weight is 496 g/mol. The molecule has 4 aromatic rings. The lowest BCUT2D eigenvalue weighted by atomic mass is 10.1. The Balaban J connectivity index is 1.88. The van der Waals surface area contributed by atoms with Gasteiger partial charge in [0.2, 0.25) is 0 Å². The first-order chi connectivity index (χ1) is 17.7. The van der Waals surface area contributed by atoms with Crippen LogP contribution in [0.25, 0.3) is 11.0 Å². The van der Waals surface area contributed by atoms with Crippen molar-refractivity contribution in [2.45, 2.75) is 0 Å². The molecule has 0 unspecified atom stereocenters. The van der Waals surface area contributed by atoms with Gasteiger partial charge in [-0.05, 0) is 17.7 Å². The quantitative estimate of drug-likeness (QED) is 0.237. The number of hydrogen-bond acceptors (Lipinski definition) is 3. The highest BCUT2D eigenvalue weighted by Crippen LogP contribution is 2.56. The first kappa shape index (κ1) is 24.0. The number of ether oxygens (including phenoxy) is 1. The van der Waals surface area contributed by atoms with Crippen LogP contribution in [0.15, 0.2) is 121 Å². The number of halogens is 1. The van der Waals surface area contributed by atoms with Crippen molar-refractivity contribution in [3.8, 4) is 0 Å². The Hall–Kier alpha value is -3.68. The van der Waals surface area contributed by atoms with Gasteiger partial charge >= 0.3 is 0 Å². The van der Waals surface area contributed by atoms with E-state index in [0.29, 0.717) is 47.8 Å². The molecule has 0 aromatic heterocycles. The number of nitrogens with zero attached hydrogens (tertiary/aromatic N) is 1. The van der Waals surface area contributed by atoms with Gasteiger partial charge in [-0.3, -0.25) is 0 Å². The Morgan fingerprint density at radius 1 is 0.694 bits per heavy atom. The molecular weight excluding hydrogens is 468 g/mol. The summed E-state index contributed by atoms with van der Waals surface area (Å²) in [5.74, 6) is -0.340. The van der Waals surface area contributed by atoms with Crippen molar-refractivity contribution in [1.29, 1.82) is 0 Å². The molecule has 1 saturated heterocycles. The van der Waals surface area contributed by atoms with Crippen molar-refractivity contribution in [3.63, 3.8) is 0 Å². The van der Waals surface area contributed by atoms with Crippen LogP contribution >= 0.6 is 7.14 Å². The maximum Gasteiger partial charge on any atom is 0.179 e. The van der Waals surface area contributed by atoms with Crippen molar-refractivity contribution >= 4 is 28.8 Å². The molecule has 1 aliphatic rings. The summed E-state index contributed by atoms with van der Waals surface area (Å²) >= 11 is 0. The monoisotopic (exact) mass is 495 g/mol. The van der Waals surface area contributed by atoms with Gasteiger partial charge in [-0.15, -0.1) is 0 Å². The fraction of sp³-hybridized carbons (Fsp3) is 0.129. The van der Waals surface area contributed by atoms with Crippen LogP contribution in [0.4, 0.5) is 4.39 Å². The molecule has 5 heteroatoms. The topological polar surface area (TPSA) is 29.5 Å². The van der Waals surface area contributed by atoms with Crippen LogP contribution in [0.3, 0.4) is 0 Å². The summed E-state index contributed by atoms with van der Waals surface area (Å²) in [6.07, 6.45) is 0. The largest absolute Gasteiger partial charge is 0.378 e. The highest BCUT2D eigenvalue weighted by Gasteiger charge is 2.33. The summed E-state index contributed by atoms with van der Waals surface area (Å²) in [5.41, 5.74) is 6.14. The zero-order chi connectivity index (χ0) is 24.8. The van der Waals surface area contributed by atoms with Crippen molar-refractivity contribution in [2.24, 2.45) is 0 Å². The van der Waals surface area contributed by atoms with Gasteiger partial charge in [-0.1, -0.05) is 109 Å². The van der Waals surface area contributed by atoms with Crippen LogP contribution in [0.2, 0.25) is 0 Å². The van der Waals surface area contributed by atoms with Gasteiger partial charge in [0, 0.05) is 29.3 Å². The molecule has 0 saturated carbocycles. The molecule has 5 rings (SSSR count). The summed E-state index contributed by atoms with van der Waals surface area (Å²) in [6.45, 7) is 2.63. The molecule has 1 heterocycles. The van der Waals surface area contributed by atoms with Gasteiger partial charge in [0.15, 0.2) is 7.14 Å². The minimum atomic E-state index is -3.39. The molecule has 180 valence electrons. The maximum atomic E-state index is 15.4. The average Bonchev–Trinajstić information content (AvgIpc) is 2.96. The second-order valence-electron chi connectivity index (χ2n) is 8.57. The standard InChI is InChI=1S/C31H27FNO2P/c32-27-18-16-26(17-19-27)31(24-30(25-10-4-1-5-11-25)33-20-22-35-23-21-33)36(34,28-12-6-2-7-13-28)29-14-8-3-9-15-29/h1-19H,20-23H2. The highest BCUT2D eigenvalue weighted by atomic mass is 31.2. The molecule has 0 amide bonds. The lowest BCUT2D eigenvalue weighted by molar-refractivity contribution is 0.0640. The molecule has 0 N–H and O–H groups in total. The van der Waals surface area contributed by atoms with Crippen molar-refractivity contribution in [2.75, 3.05) is 26.3 Å². The van der Waals surface area contributed by atoms with E-state index in [9.17, 15) is 4.39 Å². The molecule has 36 heavy (non-hydrogen) atoms. The fourth-order valence-corrected chi connectivity index (χ4v) is 7.23. The number of benzene rings is 4. The third-order valence-electron chi connectivity index (χ3n) is 6.28. The van der Waals surface area contributed by atoms with Crippen molar-refractivity contribution in [1.82, 2.24) is 4.90 Å². The van der Waals surface area contributed by atoms with E-state index in [4.69, 9.17) is 4.74 Å². The van der Waals surface area contributed by atoms with Crippen LogP contribution < -0.4 is 10.6 Å². The van der Waals surface area contributed by atoms with E-state index < -0.39 is 7.14 Å². The molecule has 1 aliphatic heterocycles. The second-order valence-corrected chi connectivity index (χ2v) is 11.3. The van der Waals surface area contributed by atoms with E-state index in [-0.39, 0.29) is 5.82 Å². The molecule has 3 nitrogen and oxygen atoms in total.